The van der Waals surface area contributed by atoms with Gasteiger partial charge in [0.25, 0.3) is 0 Å². The maximum absolute atomic E-state index is 5.81. The number of hydrogen-bond acceptors (Lipinski definition) is 4. The van der Waals surface area contributed by atoms with Crippen molar-refractivity contribution in [2.45, 2.75) is 46.0 Å². The molecule has 0 aliphatic rings. The summed E-state index contributed by atoms with van der Waals surface area (Å²) in [7, 11) is 0. The molecule has 0 atom stereocenters. The SMILES string of the molecule is CCCCCCc1c(C)nc(N)nc1N. The van der Waals surface area contributed by atoms with E-state index in [2.05, 4.69) is 16.9 Å². The number of hydrogen-bond donors (Lipinski definition) is 2. The van der Waals surface area contributed by atoms with E-state index in [0.29, 0.717) is 5.82 Å². The Balaban J connectivity index is 2.60. The molecule has 0 saturated heterocycles. The second-order valence-electron chi connectivity index (χ2n) is 3.84. The standard InChI is InChI=1S/C11H20N4/c1-3-4-5-6-7-9-8(2)14-11(13)15-10(9)12/h3-7H2,1-2H3,(H4,12,13,14,15). The normalized spacial score (nSPS) is 10.5. The highest BCUT2D eigenvalue weighted by Gasteiger charge is 2.06. The summed E-state index contributed by atoms with van der Waals surface area (Å²) in [6.07, 6.45) is 5.85. The Bertz CT molecular complexity index is 299. The van der Waals surface area contributed by atoms with E-state index in [1.54, 1.807) is 0 Å². The zero-order chi connectivity index (χ0) is 11.3. The van der Waals surface area contributed by atoms with Crippen LogP contribution in [0.2, 0.25) is 0 Å². The van der Waals surface area contributed by atoms with Gasteiger partial charge in [0.1, 0.15) is 5.82 Å². The van der Waals surface area contributed by atoms with E-state index in [1.165, 1.54) is 19.3 Å². The zero-order valence-corrected chi connectivity index (χ0v) is 9.58. The minimum Gasteiger partial charge on any atom is -0.383 e. The molecule has 15 heavy (non-hydrogen) atoms. The fourth-order valence-corrected chi connectivity index (χ4v) is 1.68. The van der Waals surface area contributed by atoms with Gasteiger partial charge in [-0.15, -0.1) is 0 Å². The van der Waals surface area contributed by atoms with Crippen LogP contribution in [-0.4, -0.2) is 9.97 Å². The van der Waals surface area contributed by atoms with E-state index in [0.717, 1.165) is 24.1 Å². The molecule has 0 saturated carbocycles. The first-order valence-electron chi connectivity index (χ1n) is 5.53. The van der Waals surface area contributed by atoms with Crippen LogP contribution in [0.1, 0.15) is 43.9 Å². The molecule has 0 aromatic carbocycles. The quantitative estimate of drug-likeness (QED) is 0.726. The maximum atomic E-state index is 5.81. The minimum atomic E-state index is 0.266. The molecule has 84 valence electrons. The predicted octanol–water partition coefficient (Wildman–Crippen LogP) is 2.07. The number of nitrogens with two attached hydrogens (primary N) is 2. The number of rotatable bonds is 5. The van der Waals surface area contributed by atoms with Crippen molar-refractivity contribution < 1.29 is 0 Å². The van der Waals surface area contributed by atoms with Crippen LogP contribution in [0.15, 0.2) is 0 Å². The van der Waals surface area contributed by atoms with Gasteiger partial charge in [0.15, 0.2) is 0 Å². The first kappa shape index (κ1) is 11.8. The zero-order valence-electron chi connectivity index (χ0n) is 9.58. The Morgan fingerprint density at radius 1 is 1.07 bits per heavy atom. The second-order valence-corrected chi connectivity index (χ2v) is 3.84. The third-order valence-electron chi connectivity index (χ3n) is 2.54. The van der Waals surface area contributed by atoms with Gasteiger partial charge in [0.2, 0.25) is 5.95 Å². The molecule has 1 heterocycles. The molecule has 0 aliphatic heterocycles. The summed E-state index contributed by atoms with van der Waals surface area (Å²) in [6, 6.07) is 0. The Kier molecular flexibility index (Phi) is 4.34. The molecule has 0 unspecified atom stereocenters. The molecule has 0 fully saturated rings. The minimum absolute atomic E-state index is 0.266. The molecule has 1 rings (SSSR count). The number of nitrogens with zero attached hydrogens (tertiary/aromatic N) is 2. The van der Waals surface area contributed by atoms with E-state index in [9.17, 15) is 0 Å². The van der Waals surface area contributed by atoms with Gasteiger partial charge in [0.05, 0.1) is 0 Å². The Labute approximate surface area is 91.1 Å². The van der Waals surface area contributed by atoms with Gasteiger partial charge in [-0.3, -0.25) is 0 Å². The molecule has 4 N–H and O–H groups in total. The second kappa shape index (κ2) is 5.53. The molecule has 0 bridgehead atoms. The van der Waals surface area contributed by atoms with Crippen molar-refractivity contribution in [3.05, 3.63) is 11.3 Å². The van der Waals surface area contributed by atoms with Crippen molar-refractivity contribution in [3.8, 4) is 0 Å². The van der Waals surface area contributed by atoms with Crippen LogP contribution in [0.3, 0.4) is 0 Å². The van der Waals surface area contributed by atoms with Gasteiger partial charge < -0.3 is 11.5 Å². The van der Waals surface area contributed by atoms with Gasteiger partial charge in [-0.1, -0.05) is 26.2 Å². The van der Waals surface area contributed by atoms with Crippen LogP contribution < -0.4 is 11.5 Å². The largest absolute Gasteiger partial charge is 0.383 e. The molecule has 4 nitrogen and oxygen atoms in total. The van der Waals surface area contributed by atoms with Gasteiger partial charge in [-0.2, -0.15) is 4.98 Å². The predicted molar refractivity (Wildman–Crippen MR) is 63.4 cm³/mol. The van der Waals surface area contributed by atoms with E-state index in [1.807, 2.05) is 6.92 Å². The highest BCUT2D eigenvalue weighted by atomic mass is 15.0. The fraction of sp³-hybridized carbons (Fsp3) is 0.636. The maximum Gasteiger partial charge on any atom is 0.222 e. The van der Waals surface area contributed by atoms with Gasteiger partial charge in [-0.25, -0.2) is 4.98 Å². The van der Waals surface area contributed by atoms with Gasteiger partial charge in [-0.05, 0) is 19.8 Å². The smallest absolute Gasteiger partial charge is 0.222 e. The Morgan fingerprint density at radius 3 is 2.40 bits per heavy atom. The Hall–Kier alpha value is -1.32. The summed E-state index contributed by atoms with van der Waals surface area (Å²) < 4.78 is 0. The highest BCUT2D eigenvalue weighted by Crippen LogP contribution is 2.17. The molecule has 0 radical (unpaired) electrons. The first-order valence-corrected chi connectivity index (χ1v) is 5.53. The third kappa shape index (κ3) is 3.38. The van der Waals surface area contributed by atoms with Crippen LogP contribution in [0, 0.1) is 6.92 Å². The monoisotopic (exact) mass is 208 g/mol. The van der Waals surface area contributed by atoms with Crippen LogP contribution in [0.5, 0.6) is 0 Å². The van der Waals surface area contributed by atoms with Crippen molar-refractivity contribution >= 4 is 11.8 Å². The van der Waals surface area contributed by atoms with Crippen LogP contribution in [0.25, 0.3) is 0 Å². The molecule has 0 amide bonds. The van der Waals surface area contributed by atoms with Crippen molar-refractivity contribution in [1.29, 1.82) is 0 Å². The number of unbranched alkanes of at least 4 members (excludes halogenated alkanes) is 3. The molecule has 1 aromatic rings. The first-order chi connectivity index (χ1) is 7.15. The molecule has 0 spiro atoms. The average molecular weight is 208 g/mol. The van der Waals surface area contributed by atoms with Crippen LogP contribution >= 0.6 is 0 Å². The highest BCUT2D eigenvalue weighted by molar-refractivity contribution is 5.45. The molecule has 4 heteroatoms. The number of anilines is 2. The lowest BCUT2D eigenvalue weighted by molar-refractivity contribution is 0.664. The van der Waals surface area contributed by atoms with E-state index in [-0.39, 0.29) is 5.95 Å². The summed E-state index contributed by atoms with van der Waals surface area (Å²) in [4.78, 5) is 8.10. The lowest BCUT2D eigenvalue weighted by Gasteiger charge is -2.08. The summed E-state index contributed by atoms with van der Waals surface area (Å²) in [5, 5.41) is 0. The van der Waals surface area contributed by atoms with E-state index in [4.69, 9.17) is 11.5 Å². The molecular weight excluding hydrogens is 188 g/mol. The number of aromatic nitrogens is 2. The topological polar surface area (TPSA) is 77.8 Å². The lowest BCUT2D eigenvalue weighted by Crippen LogP contribution is -2.07. The molecular formula is C11H20N4. The van der Waals surface area contributed by atoms with Crippen LogP contribution in [0.4, 0.5) is 11.8 Å². The summed E-state index contributed by atoms with van der Waals surface area (Å²) >= 11 is 0. The van der Waals surface area contributed by atoms with E-state index >= 15 is 0 Å². The molecule has 0 aliphatic carbocycles. The number of nitrogen functional groups attached to an aromatic ring is 2. The van der Waals surface area contributed by atoms with Crippen molar-refractivity contribution in [3.63, 3.8) is 0 Å². The molecule has 1 aromatic heterocycles. The summed E-state index contributed by atoms with van der Waals surface area (Å²) in [5.41, 5.74) is 13.3. The summed E-state index contributed by atoms with van der Waals surface area (Å²) in [6.45, 7) is 4.13. The number of aryl methyl sites for hydroxylation is 1. The van der Waals surface area contributed by atoms with Crippen LogP contribution in [-0.2, 0) is 6.42 Å². The summed E-state index contributed by atoms with van der Waals surface area (Å²) in [5.74, 6) is 0.804. The Morgan fingerprint density at radius 2 is 1.80 bits per heavy atom. The lowest BCUT2D eigenvalue weighted by atomic mass is 10.1. The third-order valence-corrected chi connectivity index (χ3v) is 2.54. The van der Waals surface area contributed by atoms with Gasteiger partial charge >= 0.3 is 0 Å². The van der Waals surface area contributed by atoms with E-state index < -0.39 is 0 Å². The van der Waals surface area contributed by atoms with Gasteiger partial charge in [0, 0.05) is 11.3 Å². The van der Waals surface area contributed by atoms with Crippen molar-refractivity contribution in [2.75, 3.05) is 11.5 Å². The average Bonchev–Trinajstić information content (AvgIpc) is 2.15. The fourth-order valence-electron chi connectivity index (χ4n) is 1.68. The van der Waals surface area contributed by atoms with Crippen molar-refractivity contribution in [2.24, 2.45) is 0 Å². The van der Waals surface area contributed by atoms with Crippen molar-refractivity contribution in [1.82, 2.24) is 9.97 Å².